The minimum Gasteiger partial charge on any atom is -0.497 e. The molecule has 0 atom stereocenters. The number of hydrogen-bond acceptors (Lipinski definition) is 3. The third kappa shape index (κ3) is 2.57. The van der Waals surface area contributed by atoms with Gasteiger partial charge in [0.05, 0.1) is 18.5 Å². The Morgan fingerprint density at radius 1 is 1.00 bits per heavy atom. The van der Waals surface area contributed by atoms with Gasteiger partial charge in [0.15, 0.2) is 0 Å². The molecule has 2 aromatic rings. The number of hydrogen-bond donors (Lipinski definition) is 1. The highest BCUT2D eigenvalue weighted by Crippen LogP contribution is 2.25. The molecule has 0 aliphatic rings. The van der Waals surface area contributed by atoms with Crippen LogP contribution in [0.25, 0.3) is 0 Å². The van der Waals surface area contributed by atoms with Gasteiger partial charge < -0.3 is 4.74 Å². The Kier molecular flexibility index (Phi) is 3.30. The second kappa shape index (κ2) is 4.89. The van der Waals surface area contributed by atoms with Gasteiger partial charge in [0.1, 0.15) is 5.75 Å². The molecule has 88 valence electrons. The Bertz CT molecular complexity index is 494. The summed E-state index contributed by atoms with van der Waals surface area (Å²) in [5.41, 5.74) is 3.06. The number of benzene rings is 2. The molecule has 2 rings (SSSR count). The van der Waals surface area contributed by atoms with Gasteiger partial charge in [-0.1, -0.05) is 23.8 Å². The van der Waals surface area contributed by atoms with Crippen LogP contribution in [0.3, 0.4) is 0 Å². The summed E-state index contributed by atoms with van der Waals surface area (Å²) in [6, 6.07) is 15.7. The van der Waals surface area contributed by atoms with E-state index in [9.17, 15) is 0 Å². The summed E-state index contributed by atoms with van der Waals surface area (Å²) in [5, 5.41) is 1.64. The second-order valence-corrected chi connectivity index (χ2v) is 3.91. The molecule has 0 aliphatic carbocycles. The van der Waals surface area contributed by atoms with Crippen molar-refractivity contribution in [2.75, 3.05) is 12.1 Å². The molecule has 0 saturated carbocycles. The lowest BCUT2D eigenvalue weighted by molar-refractivity contribution is 0.415. The van der Waals surface area contributed by atoms with Crippen LogP contribution in [0.15, 0.2) is 48.5 Å². The Balaban J connectivity index is 2.29. The molecule has 0 aromatic heterocycles. The summed E-state index contributed by atoms with van der Waals surface area (Å²) in [6.07, 6.45) is 0. The van der Waals surface area contributed by atoms with Crippen molar-refractivity contribution in [3.8, 4) is 5.75 Å². The van der Waals surface area contributed by atoms with E-state index in [-0.39, 0.29) is 0 Å². The molecule has 0 amide bonds. The van der Waals surface area contributed by atoms with Gasteiger partial charge in [0.25, 0.3) is 0 Å². The fourth-order valence-electron chi connectivity index (χ4n) is 1.61. The molecule has 0 fully saturated rings. The number of aryl methyl sites for hydroxylation is 1. The third-order valence-corrected chi connectivity index (χ3v) is 2.64. The fraction of sp³-hybridized carbons (Fsp3) is 0.143. The van der Waals surface area contributed by atoms with E-state index in [1.54, 1.807) is 12.1 Å². The molecule has 2 N–H and O–H groups in total. The molecule has 0 spiro atoms. The van der Waals surface area contributed by atoms with Gasteiger partial charge in [0, 0.05) is 6.07 Å². The van der Waals surface area contributed by atoms with Crippen LogP contribution in [-0.2, 0) is 0 Å². The Morgan fingerprint density at radius 3 is 2.35 bits per heavy atom. The van der Waals surface area contributed by atoms with Crippen molar-refractivity contribution in [3.63, 3.8) is 0 Å². The smallest absolute Gasteiger partial charge is 0.120 e. The van der Waals surface area contributed by atoms with Crippen molar-refractivity contribution in [2.45, 2.75) is 6.92 Å². The minimum absolute atomic E-state index is 0.796. The van der Waals surface area contributed by atoms with Gasteiger partial charge in [-0.3, -0.25) is 5.01 Å². The predicted molar refractivity (Wildman–Crippen MR) is 70.5 cm³/mol. The largest absolute Gasteiger partial charge is 0.497 e. The number of nitrogens with zero attached hydrogens (tertiary/aromatic N) is 1. The van der Waals surface area contributed by atoms with Crippen molar-refractivity contribution in [1.82, 2.24) is 0 Å². The van der Waals surface area contributed by atoms with Crippen LogP contribution in [-0.4, -0.2) is 7.11 Å². The number of hydrazine groups is 1. The van der Waals surface area contributed by atoms with Crippen LogP contribution in [0.4, 0.5) is 11.4 Å². The summed E-state index contributed by atoms with van der Waals surface area (Å²) in [4.78, 5) is 0. The second-order valence-electron chi connectivity index (χ2n) is 3.91. The highest BCUT2D eigenvalue weighted by Gasteiger charge is 2.05. The number of rotatable bonds is 3. The molecule has 0 unspecified atom stereocenters. The van der Waals surface area contributed by atoms with Crippen molar-refractivity contribution >= 4 is 11.4 Å². The van der Waals surface area contributed by atoms with Crippen LogP contribution < -0.4 is 15.6 Å². The maximum absolute atomic E-state index is 6.07. The zero-order valence-corrected chi connectivity index (χ0v) is 10.1. The van der Waals surface area contributed by atoms with Crippen LogP contribution in [0, 0.1) is 6.92 Å². The summed E-state index contributed by atoms with van der Waals surface area (Å²) >= 11 is 0. The van der Waals surface area contributed by atoms with E-state index in [1.807, 2.05) is 48.5 Å². The van der Waals surface area contributed by atoms with Gasteiger partial charge >= 0.3 is 0 Å². The average Bonchev–Trinajstić information content (AvgIpc) is 2.39. The topological polar surface area (TPSA) is 38.5 Å². The Morgan fingerprint density at radius 2 is 1.71 bits per heavy atom. The first-order valence-corrected chi connectivity index (χ1v) is 5.46. The summed E-state index contributed by atoms with van der Waals surface area (Å²) in [6.45, 7) is 2.05. The lowest BCUT2D eigenvalue weighted by Gasteiger charge is -2.19. The molecule has 0 bridgehead atoms. The molecule has 3 nitrogen and oxygen atoms in total. The van der Waals surface area contributed by atoms with E-state index in [0.29, 0.717) is 0 Å². The third-order valence-electron chi connectivity index (χ3n) is 2.64. The van der Waals surface area contributed by atoms with Gasteiger partial charge in [-0.2, -0.15) is 0 Å². The maximum atomic E-state index is 6.07. The molecule has 0 radical (unpaired) electrons. The zero-order chi connectivity index (χ0) is 12.3. The quantitative estimate of drug-likeness (QED) is 0.648. The van der Waals surface area contributed by atoms with Crippen molar-refractivity contribution < 1.29 is 4.74 Å². The Labute approximate surface area is 101 Å². The maximum Gasteiger partial charge on any atom is 0.120 e. The van der Waals surface area contributed by atoms with Gasteiger partial charge in [0.2, 0.25) is 0 Å². The molecule has 3 heteroatoms. The van der Waals surface area contributed by atoms with Gasteiger partial charge in [-0.25, -0.2) is 5.84 Å². The number of nitrogens with two attached hydrogens (primary N) is 1. The lowest BCUT2D eigenvalue weighted by atomic mass is 10.2. The first-order valence-electron chi connectivity index (χ1n) is 5.46. The van der Waals surface area contributed by atoms with E-state index in [4.69, 9.17) is 10.6 Å². The van der Waals surface area contributed by atoms with Crippen LogP contribution >= 0.6 is 0 Å². The predicted octanol–water partition coefficient (Wildman–Crippen LogP) is 3.02. The summed E-state index contributed by atoms with van der Waals surface area (Å²) in [5.74, 6) is 6.86. The molecule has 17 heavy (non-hydrogen) atoms. The monoisotopic (exact) mass is 228 g/mol. The van der Waals surface area contributed by atoms with E-state index in [1.165, 1.54) is 5.56 Å². The van der Waals surface area contributed by atoms with Crippen molar-refractivity contribution in [1.29, 1.82) is 0 Å². The average molecular weight is 228 g/mol. The molecule has 0 heterocycles. The van der Waals surface area contributed by atoms with Crippen LogP contribution in [0.5, 0.6) is 5.75 Å². The first-order chi connectivity index (χ1) is 8.20. The molecular formula is C14H16N2O. The van der Waals surface area contributed by atoms with E-state index in [0.717, 1.165) is 17.1 Å². The standard InChI is InChI=1S/C14H16N2O/c1-11-6-8-12(9-7-11)16(15)13-4-3-5-14(10-13)17-2/h3-10H,15H2,1-2H3. The zero-order valence-electron chi connectivity index (χ0n) is 10.1. The summed E-state index contributed by atoms with van der Waals surface area (Å²) < 4.78 is 5.18. The summed E-state index contributed by atoms with van der Waals surface area (Å²) in [7, 11) is 1.64. The van der Waals surface area contributed by atoms with Crippen molar-refractivity contribution in [2.24, 2.45) is 5.84 Å². The number of methoxy groups -OCH3 is 1. The SMILES string of the molecule is COc1cccc(N(N)c2ccc(C)cc2)c1. The highest BCUT2D eigenvalue weighted by molar-refractivity contribution is 5.63. The van der Waals surface area contributed by atoms with Crippen molar-refractivity contribution in [3.05, 3.63) is 54.1 Å². The van der Waals surface area contributed by atoms with E-state index in [2.05, 4.69) is 6.92 Å². The minimum atomic E-state index is 0.796. The molecular weight excluding hydrogens is 212 g/mol. The van der Waals surface area contributed by atoms with Gasteiger partial charge in [-0.05, 0) is 31.2 Å². The first kappa shape index (κ1) is 11.5. The molecule has 0 aliphatic heterocycles. The number of ether oxygens (including phenoxy) is 1. The normalized spacial score (nSPS) is 10.1. The lowest BCUT2D eigenvalue weighted by Crippen LogP contribution is -2.24. The highest BCUT2D eigenvalue weighted by atomic mass is 16.5. The molecule has 2 aromatic carbocycles. The van der Waals surface area contributed by atoms with E-state index < -0.39 is 0 Å². The number of anilines is 2. The fourth-order valence-corrected chi connectivity index (χ4v) is 1.61. The van der Waals surface area contributed by atoms with Crippen LogP contribution in [0.2, 0.25) is 0 Å². The van der Waals surface area contributed by atoms with Gasteiger partial charge in [-0.15, -0.1) is 0 Å². The Hall–Kier alpha value is -2.00. The van der Waals surface area contributed by atoms with Crippen LogP contribution in [0.1, 0.15) is 5.56 Å². The molecule has 0 saturated heterocycles. The van der Waals surface area contributed by atoms with E-state index >= 15 is 0 Å².